The van der Waals surface area contributed by atoms with Crippen molar-refractivity contribution < 1.29 is 14.3 Å². The third-order valence-corrected chi connectivity index (χ3v) is 0.761. The van der Waals surface area contributed by atoms with Gasteiger partial charge < -0.3 is 4.74 Å². The van der Waals surface area contributed by atoms with Crippen molar-refractivity contribution >= 4 is 11.9 Å². The van der Waals surface area contributed by atoms with Crippen LogP contribution >= 0.6 is 0 Å². The second kappa shape index (κ2) is 3.83. The van der Waals surface area contributed by atoms with Crippen molar-refractivity contribution in [2.24, 2.45) is 0 Å². The van der Waals surface area contributed by atoms with Crippen LogP contribution in [0.3, 0.4) is 0 Å². The van der Waals surface area contributed by atoms with E-state index in [-0.39, 0.29) is 12.8 Å². The van der Waals surface area contributed by atoms with Crippen LogP contribution < -0.4 is 0 Å². The Balaban J connectivity index is 0.000000291. The van der Waals surface area contributed by atoms with Gasteiger partial charge in [-0.3, -0.25) is 9.59 Å². The molecule has 0 aromatic rings. The van der Waals surface area contributed by atoms with E-state index in [1.807, 2.05) is 0 Å². The van der Waals surface area contributed by atoms with Gasteiger partial charge in [-0.15, -0.1) is 13.2 Å². The van der Waals surface area contributed by atoms with Crippen LogP contribution in [-0.4, -0.2) is 11.9 Å². The number of hydrogen-bond donors (Lipinski definition) is 0. The summed E-state index contributed by atoms with van der Waals surface area (Å²) in [6.45, 7) is 6.00. The maximum absolute atomic E-state index is 10.0. The molecular formula is C6H8O3. The SMILES string of the molecule is C=C.O=C1CCC(=O)O1. The highest BCUT2D eigenvalue weighted by Crippen LogP contribution is 2.03. The number of rotatable bonds is 0. The van der Waals surface area contributed by atoms with E-state index in [0.717, 1.165) is 0 Å². The molecule has 0 bridgehead atoms. The van der Waals surface area contributed by atoms with Crippen molar-refractivity contribution in [1.29, 1.82) is 0 Å². The predicted octanol–water partition coefficient (Wildman–Crippen LogP) is 0.652. The van der Waals surface area contributed by atoms with E-state index in [9.17, 15) is 9.59 Å². The molecule has 0 unspecified atom stereocenters. The zero-order valence-corrected chi connectivity index (χ0v) is 5.05. The van der Waals surface area contributed by atoms with E-state index < -0.39 is 11.9 Å². The molecule has 0 aromatic carbocycles. The van der Waals surface area contributed by atoms with E-state index in [2.05, 4.69) is 17.9 Å². The number of ether oxygens (including phenoxy) is 1. The molecule has 0 saturated carbocycles. The van der Waals surface area contributed by atoms with Gasteiger partial charge in [0, 0.05) is 0 Å². The van der Waals surface area contributed by atoms with Crippen LogP contribution in [0, 0.1) is 0 Å². The summed E-state index contributed by atoms with van der Waals surface area (Å²) in [6.07, 6.45) is 0.525. The molecule has 1 rings (SSSR count). The van der Waals surface area contributed by atoms with E-state index >= 15 is 0 Å². The predicted molar refractivity (Wildman–Crippen MR) is 31.6 cm³/mol. The van der Waals surface area contributed by atoms with Crippen LogP contribution in [-0.2, 0) is 14.3 Å². The second-order valence-electron chi connectivity index (χ2n) is 1.35. The standard InChI is InChI=1S/C4H4O3.C2H4/c5-3-1-2-4(6)7-3;1-2/h1-2H2;1-2H2. The lowest BCUT2D eigenvalue weighted by molar-refractivity contribution is -0.151. The van der Waals surface area contributed by atoms with Crippen molar-refractivity contribution in [1.82, 2.24) is 0 Å². The van der Waals surface area contributed by atoms with Gasteiger partial charge in [0.05, 0.1) is 12.8 Å². The van der Waals surface area contributed by atoms with Gasteiger partial charge >= 0.3 is 11.9 Å². The molecule has 1 saturated heterocycles. The summed E-state index contributed by atoms with van der Waals surface area (Å²) in [5, 5.41) is 0. The van der Waals surface area contributed by atoms with E-state index in [1.165, 1.54) is 0 Å². The summed E-state index contributed by atoms with van der Waals surface area (Å²) in [6, 6.07) is 0. The third-order valence-electron chi connectivity index (χ3n) is 0.761. The number of carbonyl (C=O) groups excluding carboxylic acids is 2. The molecule has 0 aliphatic carbocycles. The van der Waals surface area contributed by atoms with Crippen LogP contribution in [0.4, 0.5) is 0 Å². The minimum absolute atomic E-state index is 0.263. The number of cyclic esters (lactones) is 2. The number of carbonyl (C=O) groups is 2. The van der Waals surface area contributed by atoms with Crippen LogP contribution in [0.15, 0.2) is 13.2 Å². The fourth-order valence-electron chi connectivity index (χ4n) is 0.433. The Morgan fingerprint density at radius 3 is 1.56 bits per heavy atom. The smallest absolute Gasteiger partial charge is 0.314 e. The molecule has 1 aliphatic rings. The Morgan fingerprint density at radius 2 is 1.44 bits per heavy atom. The van der Waals surface area contributed by atoms with Gasteiger partial charge in [0.1, 0.15) is 0 Å². The van der Waals surface area contributed by atoms with Crippen LogP contribution in [0.2, 0.25) is 0 Å². The quantitative estimate of drug-likeness (QED) is 0.273. The number of esters is 2. The molecule has 1 fully saturated rings. The lowest BCUT2D eigenvalue weighted by atomic mass is 10.4. The summed E-state index contributed by atoms with van der Waals surface area (Å²) >= 11 is 0. The molecular weight excluding hydrogens is 120 g/mol. The molecule has 3 nitrogen and oxygen atoms in total. The third kappa shape index (κ3) is 2.64. The van der Waals surface area contributed by atoms with Crippen LogP contribution in [0.25, 0.3) is 0 Å². The van der Waals surface area contributed by atoms with Gasteiger partial charge in [0.25, 0.3) is 0 Å². The van der Waals surface area contributed by atoms with E-state index in [0.29, 0.717) is 0 Å². The Hall–Kier alpha value is -1.12. The molecule has 1 aliphatic heterocycles. The molecule has 9 heavy (non-hydrogen) atoms. The van der Waals surface area contributed by atoms with Crippen molar-refractivity contribution in [3.8, 4) is 0 Å². The van der Waals surface area contributed by atoms with Gasteiger partial charge in [-0.25, -0.2) is 0 Å². The van der Waals surface area contributed by atoms with Gasteiger partial charge in [0.15, 0.2) is 0 Å². The summed E-state index contributed by atoms with van der Waals surface area (Å²) in [7, 11) is 0. The Bertz CT molecular complexity index is 114. The molecule has 0 amide bonds. The molecule has 0 spiro atoms. The second-order valence-corrected chi connectivity index (χ2v) is 1.35. The average Bonchev–Trinajstić information content (AvgIpc) is 2.20. The average molecular weight is 128 g/mol. The fourth-order valence-corrected chi connectivity index (χ4v) is 0.433. The highest BCUT2D eigenvalue weighted by Gasteiger charge is 2.19. The molecule has 0 aromatic heterocycles. The monoisotopic (exact) mass is 128 g/mol. The molecule has 50 valence electrons. The first-order valence-electron chi connectivity index (χ1n) is 2.52. The van der Waals surface area contributed by atoms with E-state index in [4.69, 9.17) is 0 Å². The Kier molecular flexibility index (Phi) is 3.35. The van der Waals surface area contributed by atoms with Gasteiger partial charge in [-0.1, -0.05) is 0 Å². The highest BCUT2D eigenvalue weighted by atomic mass is 16.6. The summed E-state index contributed by atoms with van der Waals surface area (Å²) in [4.78, 5) is 20.0. The highest BCUT2D eigenvalue weighted by molar-refractivity contribution is 5.92. The summed E-state index contributed by atoms with van der Waals surface area (Å²) in [5.74, 6) is -0.796. The lowest BCUT2D eigenvalue weighted by Gasteiger charge is -1.79. The summed E-state index contributed by atoms with van der Waals surface area (Å²) in [5.41, 5.74) is 0. The van der Waals surface area contributed by atoms with Crippen molar-refractivity contribution in [3.05, 3.63) is 13.2 Å². The fraction of sp³-hybridized carbons (Fsp3) is 0.333. The largest absolute Gasteiger partial charge is 0.393 e. The minimum atomic E-state index is -0.398. The van der Waals surface area contributed by atoms with Crippen LogP contribution in [0.1, 0.15) is 12.8 Å². The first-order chi connectivity index (χ1) is 4.29. The molecule has 0 N–H and O–H groups in total. The van der Waals surface area contributed by atoms with Crippen molar-refractivity contribution in [3.63, 3.8) is 0 Å². The van der Waals surface area contributed by atoms with Crippen molar-refractivity contribution in [2.75, 3.05) is 0 Å². The lowest BCUT2D eigenvalue weighted by Crippen LogP contribution is -1.94. The molecule has 3 heteroatoms. The zero-order chi connectivity index (χ0) is 7.28. The summed E-state index contributed by atoms with van der Waals surface area (Å²) < 4.78 is 4.08. The molecule has 0 atom stereocenters. The number of hydrogen-bond acceptors (Lipinski definition) is 3. The Morgan fingerprint density at radius 1 is 1.11 bits per heavy atom. The Labute approximate surface area is 53.3 Å². The maximum atomic E-state index is 10.0. The van der Waals surface area contributed by atoms with Gasteiger partial charge in [0.2, 0.25) is 0 Å². The minimum Gasteiger partial charge on any atom is -0.393 e. The topological polar surface area (TPSA) is 43.4 Å². The van der Waals surface area contributed by atoms with E-state index in [1.54, 1.807) is 0 Å². The molecule has 1 heterocycles. The van der Waals surface area contributed by atoms with Crippen molar-refractivity contribution in [2.45, 2.75) is 12.8 Å². The van der Waals surface area contributed by atoms with Crippen LogP contribution in [0.5, 0.6) is 0 Å². The molecule has 0 radical (unpaired) electrons. The zero-order valence-electron chi connectivity index (χ0n) is 5.05. The van der Waals surface area contributed by atoms with Gasteiger partial charge in [-0.2, -0.15) is 0 Å². The maximum Gasteiger partial charge on any atom is 0.314 e. The first kappa shape index (κ1) is 7.88. The first-order valence-corrected chi connectivity index (χ1v) is 2.52. The normalized spacial score (nSPS) is 16.0. The van der Waals surface area contributed by atoms with Gasteiger partial charge in [-0.05, 0) is 0 Å².